The normalized spacial score (nSPS) is 16.5. The van der Waals surface area contributed by atoms with Gasteiger partial charge in [-0.05, 0) is 19.4 Å². The fourth-order valence-electron chi connectivity index (χ4n) is 1.98. The Kier molecular flexibility index (Phi) is 3.56. The van der Waals surface area contributed by atoms with Crippen molar-refractivity contribution >= 4 is 0 Å². The molecule has 1 N–H and O–H groups in total. The highest BCUT2D eigenvalue weighted by Gasteiger charge is 2.07. The van der Waals surface area contributed by atoms with Gasteiger partial charge in [0.05, 0.1) is 0 Å². The standard InChI is InChI=1S/C12H19N3/c1-2-8-15-9-7-14-12(15)10-11-3-5-13-6-4-11/h3,7,9,13H,2,4-6,8,10H2,1H3. The molecule has 0 atom stereocenters. The minimum Gasteiger partial charge on any atom is -0.335 e. The van der Waals surface area contributed by atoms with Gasteiger partial charge in [-0.3, -0.25) is 0 Å². The minimum absolute atomic E-state index is 1.02. The van der Waals surface area contributed by atoms with Gasteiger partial charge in [0.2, 0.25) is 0 Å². The number of rotatable bonds is 4. The molecule has 1 aliphatic heterocycles. The van der Waals surface area contributed by atoms with Crippen molar-refractivity contribution in [2.45, 2.75) is 32.7 Å². The maximum atomic E-state index is 4.43. The zero-order chi connectivity index (χ0) is 10.5. The predicted molar refractivity (Wildman–Crippen MR) is 61.8 cm³/mol. The van der Waals surface area contributed by atoms with E-state index in [2.05, 4.69) is 34.1 Å². The molecule has 3 nitrogen and oxygen atoms in total. The molecule has 0 aliphatic carbocycles. The summed E-state index contributed by atoms with van der Waals surface area (Å²) in [5, 5.41) is 3.33. The van der Waals surface area contributed by atoms with Crippen LogP contribution in [0.15, 0.2) is 24.0 Å². The van der Waals surface area contributed by atoms with Crippen LogP contribution < -0.4 is 5.32 Å². The van der Waals surface area contributed by atoms with E-state index in [0.29, 0.717) is 0 Å². The fraction of sp³-hybridized carbons (Fsp3) is 0.583. The third-order valence-corrected chi connectivity index (χ3v) is 2.81. The van der Waals surface area contributed by atoms with Crippen LogP contribution in [0, 0.1) is 0 Å². The van der Waals surface area contributed by atoms with Gasteiger partial charge < -0.3 is 9.88 Å². The van der Waals surface area contributed by atoms with Crippen molar-refractivity contribution in [3.05, 3.63) is 29.9 Å². The number of nitrogens with zero attached hydrogens (tertiary/aromatic N) is 2. The number of aromatic nitrogens is 2. The maximum absolute atomic E-state index is 4.43. The lowest BCUT2D eigenvalue weighted by Crippen LogP contribution is -2.21. The van der Waals surface area contributed by atoms with Crippen molar-refractivity contribution in [3.8, 4) is 0 Å². The quantitative estimate of drug-likeness (QED) is 0.759. The molecule has 0 spiro atoms. The third-order valence-electron chi connectivity index (χ3n) is 2.81. The van der Waals surface area contributed by atoms with Gasteiger partial charge in [0.25, 0.3) is 0 Å². The Bertz CT molecular complexity index is 338. The fourth-order valence-corrected chi connectivity index (χ4v) is 1.98. The van der Waals surface area contributed by atoms with Crippen LogP contribution in [-0.2, 0) is 13.0 Å². The first kappa shape index (κ1) is 10.4. The minimum atomic E-state index is 1.02. The third kappa shape index (κ3) is 2.69. The molecule has 0 bridgehead atoms. The van der Waals surface area contributed by atoms with Crippen molar-refractivity contribution in [2.24, 2.45) is 0 Å². The van der Waals surface area contributed by atoms with E-state index < -0.39 is 0 Å². The number of hydrogen-bond donors (Lipinski definition) is 1. The average molecular weight is 205 g/mol. The van der Waals surface area contributed by atoms with Crippen molar-refractivity contribution in [1.29, 1.82) is 0 Å². The Morgan fingerprint density at radius 2 is 2.47 bits per heavy atom. The topological polar surface area (TPSA) is 29.9 Å². The molecule has 0 fully saturated rings. The van der Waals surface area contributed by atoms with Gasteiger partial charge in [-0.25, -0.2) is 4.98 Å². The summed E-state index contributed by atoms with van der Waals surface area (Å²) in [6, 6.07) is 0. The van der Waals surface area contributed by atoms with Crippen LogP contribution in [0.25, 0.3) is 0 Å². The van der Waals surface area contributed by atoms with Crippen molar-refractivity contribution in [1.82, 2.24) is 14.9 Å². The molecule has 0 unspecified atom stereocenters. The van der Waals surface area contributed by atoms with Gasteiger partial charge in [0, 0.05) is 31.9 Å². The van der Waals surface area contributed by atoms with Crippen molar-refractivity contribution in [2.75, 3.05) is 13.1 Å². The predicted octanol–water partition coefficient (Wildman–Crippen LogP) is 1.76. The Morgan fingerprint density at radius 1 is 1.53 bits per heavy atom. The van der Waals surface area contributed by atoms with E-state index in [9.17, 15) is 0 Å². The average Bonchev–Trinajstić information content (AvgIpc) is 2.68. The maximum Gasteiger partial charge on any atom is 0.112 e. The van der Waals surface area contributed by atoms with Crippen molar-refractivity contribution in [3.63, 3.8) is 0 Å². The largest absolute Gasteiger partial charge is 0.335 e. The monoisotopic (exact) mass is 205 g/mol. The van der Waals surface area contributed by atoms with E-state index in [1.54, 1.807) is 0 Å². The lowest BCUT2D eigenvalue weighted by atomic mass is 10.1. The Labute approximate surface area is 91.2 Å². The summed E-state index contributed by atoms with van der Waals surface area (Å²) in [5.74, 6) is 1.21. The smallest absolute Gasteiger partial charge is 0.112 e. The lowest BCUT2D eigenvalue weighted by Gasteiger charge is -2.14. The molecule has 15 heavy (non-hydrogen) atoms. The molecule has 3 heteroatoms. The molecule has 0 saturated heterocycles. The second kappa shape index (κ2) is 5.12. The molecular weight excluding hydrogens is 186 g/mol. The number of imidazole rings is 1. The number of nitrogens with one attached hydrogen (secondary N) is 1. The van der Waals surface area contributed by atoms with Crippen LogP contribution in [0.1, 0.15) is 25.6 Å². The first-order chi connectivity index (χ1) is 7.40. The summed E-state index contributed by atoms with van der Waals surface area (Å²) in [5.41, 5.74) is 1.53. The first-order valence-corrected chi connectivity index (χ1v) is 5.78. The lowest BCUT2D eigenvalue weighted by molar-refractivity contribution is 0.630. The molecule has 0 radical (unpaired) electrons. The zero-order valence-corrected chi connectivity index (χ0v) is 9.37. The van der Waals surface area contributed by atoms with E-state index in [-0.39, 0.29) is 0 Å². The highest BCUT2D eigenvalue weighted by Crippen LogP contribution is 2.12. The summed E-state index contributed by atoms with van der Waals surface area (Å²) in [6.45, 7) is 5.42. The first-order valence-electron chi connectivity index (χ1n) is 5.78. The van der Waals surface area contributed by atoms with Crippen LogP contribution in [0.2, 0.25) is 0 Å². The number of hydrogen-bond acceptors (Lipinski definition) is 2. The summed E-state index contributed by atoms with van der Waals surface area (Å²) in [7, 11) is 0. The van der Waals surface area contributed by atoms with Gasteiger partial charge in [0.1, 0.15) is 5.82 Å². The SMILES string of the molecule is CCCn1ccnc1CC1=CCNCC1. The molecule has 0 saturated carbocycles. The van der Waals surface area contributed by atoms with Gasteiger partial charge in [-0.1, -0.05) is 18.6 Å². The van der Waals surface area contributed by atoms with E-state index >= 15 is 0 Å². The van der Waals surface area contributed by atoms with Gasteiger partial charge in [-0.15, -0.1) is 0 Å². The zero-order valence-electron chi connectivity index (χ0n) is 9.37. The van der Waals surface area contributed by atoms with Crippen molar-refractivity contribution < 1.29 is 0 Å². The molecule has 1 aromatic rings. The molecule has 2 heterocycles. The Balaban J connectivity index is 2.02. The summed E-state index contributed by atoms with van der Waals surface area (Å²) in [6.07, 6.45) is 9.65. The van der Waals surface area contributed by atoms with E-state index in [4.69, 9.17) is 0 Å². The molecule has 1 aliphatic rings. The molecule has 0 amide bonds. The van der Waals surface area contributed by atoms with E-state index in [1.165, 1.54) is 24.2 Å². The van der Waals surface area contributed by atoms with Crippen LogP contribution >= 0.6 is 0 Å². The number of aryl methyl sites for hydroxylation is 1. The molecule has 2 rings (SSSR count). The second-order valence-electron chi connectivity index (χ2n) is 4.03. The van der Waals surface area contributed by atoms with Crippen LogP contribution in [0.4, 0.5) is 0 Å². The van der Waals surface area contributed by atoms with Gasteiger partial charge in [0.15, 0.2) is 0 Å². The molecule has 0 aromatic carbocycles. The summed E-state index contributed by atoms with van der Waals surface area (Å²) >= 11 is 0. The highest BCUT2D eigenvalue weighted by atomic mass is 15.1. The second-order valence-corrected chi connectivity index (χ2v) is 4.03. The van der Waals surface area contributed by atoms with Gasteiger partial charge >= 0.3 is 0 Å². The molecular formula is C12H19N3. The van der Waals surface area contributed by atoms with Gasteiger partial charge in [-0.2, -0.15) is 0 Å². The van der Waals surface area contributed by atoms with Crippen LogP contribution in [0.5, 0.6) is 0 Å². The Morgan fingerprint density at radius 3 is 3.20 bits per heavy atom. The highest BCUT2D eigenvalue weighted by molar-refractivity contribution is 5.13. The van der Waals surface area contributed by atoms with E-state index in [1.807, 2.05) is 6.20 Å². The molecule has 82 valence electrons. The Hall–Kier alpha value is -1.09. The van der Waals surface area contributed by atoms with Crippen LogP contribution in [-0.4, -0.2) is 22.6 Å². The molecule has 1 aromatic heterocycles. The van der Waals surface area contributed by atoms with E-state index in [0.717, 1.165) is 26.1 Å². The summed E-state index contributed by atoms with van der Waals surface area (Å²) < 4.78 is 2.27. The van der Waals surface area contributed by atoms with Crippen LogP contribution in [0.3, 0.4) is 0 Å². The summed E-state index contributed by atoms with van der Waals surface area (Å²) in [4.78, 5) is 4.43.